The zero-order chi connectivity index (χ0) is 28.3. The van der Waals surface area contributed by atoms with Crippen LogP contribution in [0.1, 0.15) is 16.7 Å². The number of phenols is 1. The van der Waals surface area contributed by atoms with Crippen LogP contribution in [0.3, 0.4) is 0 Å². The fraction of sp³-hybridized carbons (Fsp3) is 0.143. The van der Waals surface area contributed by atoms with E-state index < -0.39 is 17.8 Å². The largest absolute Gasteiger partial charge is 0.508 e. The standard InChI is InChI=1S/C28H24BrN3O7/c1-15-4-5-16(2)22(10-15)30-24(34)14-39-25-21(29)12-17(13-23(25)38-3)11-20-26(35)31-28(37)32(27(20)36)18-6-8-19(33)9-7-18/h4-13,33H,14H2,1-3H3,(H,30,34)(H,31,35,37)/b20-11-. The summed E-state index contributed by atoms with van der Waals surface area (Å²) >= 11 is 3.40. The molecule has 4 rings (SSSR count). The van der Waals surface area contributed by atoms with Gasteiger partial charge in [0.25, 0.3) is 17.7 Å². The molecular weight excluding hydrogens is 570 g/mol. The number of barbiturate groups is 1. The van der Waals surface area contributed by atoms with E-state index >= 15 is 0 Å². The van der Waals surface area contributed by atoms with E-state index in [9.17, 15) is 24.3 Å². The number of rotatable bonds is 7. The van der Waals surface area contributed by atoms with Crippen molar-refractivity contribution in [1.82, 2.24) is 5.32 Å². The SMILES string of the molecule is COc1cc(/C=C2/C(=O)NC(=O)N(c3ccc(O)cc3)C2=O)cc(Br)c1OCC(=O)Nc1cc(C)ccc1C. The molecule has 5 amide bonds. The van der Waals surface area contributed by atoms with Gasteiger partial charge in [0.1, 0.15) is 11.3 Å². The molecule has 39 heavy (non-hydrogen) atoms. The molecule has 1 heterocycles. The van der Waals surface area contributed by atoms with Crippen LogP contribution in [-0.2, 0) is 14.4 Å². The Labute approximate surface area is 232 Å². The molecule has 1 saturated heterocycles. The van der Waals surface area contributed by atoms with Gasteiger partial charge in [-0.25, -0.2) is 9.69 Å². The summed E-state index contributed by atoms with van der Waals surface area (Å²) in [7, 11) is 1.41. The van der Waals surface area contributed by atoms with Crippen LogP contribution in [0.2, 0.25) is 0 Å². The van der Waals surface area contributed by atoms with E-state index in [-0.39, 0.29) is 41.0 Å². The van der Waals surface area contributed by atoms with Crippen LogP contribution < -0.4 is 25.0 Å². The number of nitrogens with one attached hydrogen (secondary N) is 2. The normalized spacial score (nSPS) is 14.3. The number of anilines is 2. The Morgan fingerprint density at radius 3 is 2.49 bits per heavy atom. The summed E-state index contributed by atoms with van der Waals surface area (Å²) in [5, 5.41) is 14.5. The third kappa shape index (κ3) is 6.10. The fourth-order valence-corrected chi connectivity index (χ4v) is 4.39. The summed E-state index contributed by atoms with van der Waals surface area (Å²) in [5.41, 5.74) is 2.88. The molecule has 0 radical (unpaired) electrons. The molecule has 200 valence electrons. The number of carbonyl (C=O) groups excluding carboxylic acids is 4. The summed E-state index contributed by atoms with van der Waals surface area (Å²) in [4.78, 5) is 51.3. The van der Waals surface area contributed by atoms with Crippen LogP contribution in [0.15, 0.2) is 64.6 Å². The Hall–Kier alpha value is -4.64. The van der Waals surface area contributed by atoms with E-state index in [1.807, 2.05) is 32.0 Å². The van der Waals surface area contributed by atoms with Crippen molar-refractivity contribution >= 4 is 57.1 Å². The topological polar surface area (TPSA) is 134 Å². The molecule has 0 unspecified atom stereocenters. The number of aryl methyl sites for hydroxylation is 2. The second-order valence-corrected chi connectivity index (χ2v) is 9.52. The number of imide groups is 2. The average molecular weight is 594 g/mol. The molecule has 0 aliphatic carbocycles. The van der Waals surface area contributed by atoms with Crippen molar-refractivity contribution in [2.24, 2.45) is 0 Å². The van der Waals surface area contributed by atoms with Crippen molar-refractivity contribution in [2.75, 3.05) is 23.9 Å². The first-order valence-electron chi connectivity index (χ1n) is 11.7. The van der Waals surface area contributed by atoms with Gasteiger partial charge in [-0.15, -0.1) is 0 Å². The van der Waals surface area contributed by atoms with Crippen LogP contribution in [0, 0.1) is 13.8 Å². The number of methoxy groups -OCH3 is 1. The van der Waals surface area contributed by atoms with Crippen LogP contribution in [0.5, 0.6) is 17.2 Å². The zero-order valence-corrected chi connectivity index (χ0v) is 22.8. The summed E-state index contributed by atoms with van der Waals surface area (Å²) in [6.45, 7) is 3.52. The van der Waals surface area contributed by atoms with Gasteiger partial charge in [0.15, 0.2) is 18.1 Å². The lowest BCUT2D eigenvalue weighted by atomic mass is 10.1. The number of amides is 5. The van der Waals surface area contributed by atoms with E-state index in [2.05, 4.69) is 26.6 Å². The number of halogens is 1. The minimum atomic E-state index is -0.908. The van der Waals surface area contributed by atoms with Crippen LogP contribution in [0.4, 0.5) is 16.2 Å². The second kappa shape index (κ2) is 11.4. The molecule has 0 atom stereocenters. The van der Waals surface area contributed by atoms with Gasteiger partial charge in [0.05, 0.1) is 17.3 Å². The highest BCUT2D eigenvalue weighted by Gasteiger charge is 2.37. The van der Waals surface area contributed by atoms with Gasteiger partial charge >= 0.3 is 6.03 Å². The minimum absolute atomic E-state index is 0.0440. The predicted molar refractivity (Wildman–Crippen MR) is 148 cm³/mol. The summed E-state index contributed by atoms with van der Waals surface area (Å²) in [6, 6.07) is 13.3. The van der Waals surface area contributed by atoms with Crippen molar-refractivity contribution in [3.05, 3.63) is 81.3 Å². The summed E-state index contributed by atoms with van der Waals surface area (Å²) in [6.07, 6.45) is 1.31. The Morgan fingerprint density at radius 2 is 1.79 bits per heavy atom. The lowest BCUT2D eigenvalue weighted by Gasteiger charge is -2.26. The van der Waals surface area contributed by atoms with Gasteiger partial charge in [0.2, 0.25) is 0 Å². The maximum Gasteiger partial charge on any atom is 0.335 e. The number of carbonyl (C=O) groups is 4. The molecule has 3 aromatic carbocycles. The van der Waals surface area contributed by atoms with E-state index in [4.69, 9.17) is 9.47 Å². The first kappa shape index (κ1) is 27.4. The number of nitrogens with zero attached hydrogens (tertiary/aromatic N) is 1. The highest BCUT2D eigenvalue weighted by atomic mass is 79.9. The first-order chi connectivity index (χ1) is 18.6. The molecule has 0 bridgehead atoms. The second-order valence-electron chi connectivity index (χ2n) is 8.66. The molecule has 3 N–H and O–H groups in total. The quantitative estimate of drug-likeness (QED) is 0.272. The monoisotopic (exact) mass is 593 g/mol. The van der Waals surface area contributed by atoms with Crippen LogP contribution in [0.25, 0.3) is 6.08 Å². The molecule has 11 heteroatoms. The molecule has 1 fully saturated rings. The number of phenolic OH excluding ortho intramolecular Hbond substituents is 1. The number of hydrogen-bond acceptors (Lipinski definition) is 7. The molecule has 0 spiro atoms. The average Bonchev–Trinajstić information content (AvgIpc) is 2.88. The number of benzene rings is 3. The van der Waals surface area contributed by atoms with Crippen LogP contribution >= 0.6 is 15.9 Å². The Kier molecular flexibility index (Phi) is 8.01. The highest BCUT2D eigenvalue weighted by Crippen LogP contribution is 2.37. The summed E-state index contributed by atoms with van der Waals surface area (Å²) in [5.74, 6) is -1.63. The molecule has 3 aromatic rings. The van der Waals surface area contributed by atoms with Gasteiger partial charge in [-0.3, -0.25) is 19.7 Å². The summed E-state index contributed by atoms with van der Waals surface area (Å²) < 4.78 is 11.6. The molecule has 10 nitrogen and oxygen atoms in total. The van der Waals surface area contributed by atoms with Gasteiger partial charge in [0, 0.05) is 5.69 Å². The number of ether oxygens (including phenoxy) is 2. The molecule has 0 aromatic heterocycles. The maximum atomic E-state index is 13.1. The molecular formula is C28H24BrN3O7. The van der Waals surface area contributed by atoms with Gasteiger partial charge in [-0.2, -0.15) is 0 Å². The zero-order valence-electron chi connectivity index (χ0n) is 21.2. The minimum Gasteiger partial charge on any atom is -0.508 e. The Balaban J connectivity index is 1.55. The maximum absolute atomic E-state index is 13.1. The van der Waals surface area contributed by atoms with Gasteiger partial charge in [-0.05, 0) is 95.0 Å². The molecule has 1 aliphatic rings. The lowest BCUT2D eigenvalue weighted by molar-refractivity contribution is -0.122. The highest BCUT2D eigenvalue weighted by molar-refractivity contribution is 9.10. The van der Waals surface area contributed by atoms with Gasteiger partial charge in [-0.1, -0.05) is 12.1 Å². The Morgan fingerprint density at radius 1 is 1.08 bits per heavy atom. The first-order valence-corrected chi connectivity index (χ1v) is 12.4. The fourth-order valence-electron chi connectivity index (χ4n) is 3.82. The van der Waals surface area contributed by atoms with Crippen LogP contribution in [-0.4, -0.2) is 42.6 Å². The van der Waals surface area contributed by atoms with E-state index in [0.29, 0.717) is 15.7 Å². The van der Waals surface area contributed by atoms with E-state index in [1.54, 1.807) is 6.07 Å². The lowest BCUT2D eigenvalue weighted by Crippen LogP contribution is -2.54. The van der Waals surface area contributed by atoms with Gasteiger partial charge < -0.3 is 19.9 Å². The van der Waals surface area contributed by atoms with E-state index in [0.717, 1.165) is 16.0 Å². The number of hydrogen-bond donors (Lipinski definition) is 3. The molecule has 1 aliphatic heterocycles. The number of urea groups is 1. The van der Waals surface area contributed by atoms with Crippen molar-refractivity contribution in [3.63, 3.8) is 0 Å². The smallest absolute Gasteiger partial charge is 0.335 e. The van der Waals surface area contributed by atoms with Crippen molar-refractivity contribution in [2.45, 2.75) is 13.8 Å². The Bertz CT molecular complexity index is 1520. The predicted octanol–water partition coefficient (Wildman–Crippen LogP) is 4.46. The van der Waals surface area contributed by atoms with Crippen molar-refractivity contribution in [3.8, 4) is 17.2 Å². The van der Waals surface area contributed by atoms with E-state index in [1.165, 1.54) is 43.5 Å². The molecule has 0 saturated carbocycles. The third-order valence-electron chi connectivity index (χ3n) is 5.79. The number of aromatic hydroxyl groups is 1. The third-order valence-corrected chi connectivity index (χ3v) is 6.38. The van der Waals surface area contributed by atoms with Crippen molar-refractivity contribution < 1.29 is 33.8 Å². The van der Waals surface area contributed by atoms with Crippen molar-refractivity contribution in [1.29, 1.82) is 0 Å².